The number of alkyl halides is 3. The Morgan fingerprint density at radius 3 is 2.52 bits per heavy atom. The molecule has 0 bridgehead atoms. The molecule has 0 radical (unpaired) electrons. The number of hydrogen-bond donors (Lipinski definition) is 1. The van der Waals surface area contributed by atoms with Crippen LogP contribution in [0.4, 0.5) is 13.2 Å². The minimum Gasteiger partial charge on any atom is -0.348 e. The normalized spacial score (nSPS) is 11.3. The fourth-order valence-corrected chi connectivity index (χ4v) is 2.97. The van der Waals surface area contributed by atoms with Crippen LogP contribution in [0.2, 0.25) is 0 Å². The van der Waals surface area contributed by atoms with E-state index >= 15 is 0 Å². The molecule has 0 unspecified atom stereocenters. The molecule has 1 aromatic carbocycles. The van der Waals surface area contributed by atoms with Crippen LogP contribution in [-0.2, 0) is 12.7 Å². The summed E-state index contributed by atoms with van der Waals surface area (Å²) in [5, 5.41) is 6.62. The van der Waals surface area contributed by atoms with Crippen LogP contribution in [0.25, 0.3) is 11.3 Å². The highest BCUT2D eigenvalue weighted by atomic mass is 32.1. The second kappa shape index (κ2) is 7.06. The molecule has 2 heterocycles. The summed E-state index contributed by atoms with van der Waals surface area (Å²) in [5.41, 5.74) is 1.96. The van der Waals surface area contributed by atoms with Gasteiger partial charge in [-0.1, -0.05) is 6.07 Å². The van der Waals surface area contributed by atoms with Gasteiger partial charge in [-0.2, -0.15) is 24.5 Å². The van der Waals surface area contributed by atoms with E-state index in [0.717, 1.165) is 29.0 Å². The van der Waals surface area contributed by atoms with Crippen LogP contribution in [0.5, 0.6) is 0 Å². The van der Waals surface area contributed by atoms with Crippen molar-refractivity contribution in [2.24, 2.45) is 0 Å². The standard InChI is InChI=1S/C18H13F3N2OS/c19-18(20,21)15-5-3-12(4-6-15)17(24)23-10-13-2-1-8-22-16(13)14-7-9-25-11-14/h1-9,11H,10H2,(H,23,24). The van der Waals surface area contributed by atoms with E-state index in [1.807, 2.05) is 22.9 Å². The summed E-state index contributed by atoms with van der Waals surface area (Å²) in [6.45, 7) is 0.235. The van der Waals surface area contributed by atoms with Crippen LogP contribution >= 0.6 is 11.3 Å². The Morgan fingerprint density at radius 2 is 1.88 bits per heavy atom. The van der Waals surface area contributed by atoms with Crippen molar-refractivity contribution < 1.29 is 18.0 Å². The summed E-state index contributed by atoms with van der Waals surface area (Å²) in [5.74, 6) is -0.436. The van der Waals surface area contributed by atoms with Crippen molar-refractivity contribution in [2.75, 3.05) is 0 Å². The van der Waals surface area contributed by atoms with Crippen LogP contribution < -0.4 is 5.32 Å². The zero-order valence-electron chi connectivity index (χ0n) is 12.9. The number of hydrogen-bond acceptors (Lipinski definition) is 3. The Bertz CT molecular complexity index is 859. The second-order valence-electron chi connectivity index (χ2n) is 5.28. The largest absolute Gasteiger partial charge is 0.416 e. The number of carbonyl (C=O) groups is 1. The number of rotatable bonds is 4. The van der Waals surface area contributed by atoms with E-state index < -0.39 is 17.6 Å². The number of nitrogens with one attached hydrogen (secondary N) is 1. The molecule has 0 aliphatic heterocycles. The molecule has 7 heteroatoms. The highest BCUT2D eigenvalue weighted by Gasteiger charge is 2.30. The van der Waals surface area contributed by atoms with Crippen LogP contribution in [0, 0.1) is 0 Å². The van der Waals surface area contributed by atoms with Gasteiger partial charge in [0.05, 0.1) is 11.3 Å². The lowest BCUT2D eigenvalue weighted by molar-refractivity contribution is -0.137. The number of pyridine rings is 1. The molecular formula is C18H13F3N2OS. The van der Waals surface area contributed by atoms with E-state index in [0.29, 0.717) is 0 Å². The van der Waals surface area contributed by atoms with E-state index in [4.69, 9.17) is 0 Å². The molecule has 3 rings (SSSR count). The molecular weight excluding hydrogens is 349 g/mol. The summed E-state index contributed by atoms with van der Waals surface area (Å²) < 4.78 is 37.7. The third-order valence-corrected chi connectivity index (χ3v) is 4.28. The molecule has 0 saturated heterocycles. The Kier molecular flexibility index (Phi) is 4.85. The Balaban J connectivity index is 1.71. The maximum absolute atomic E-state index is 12.6. The first-order valence-corrected chi connectivity index (χ1v) is 8.31. The molecule has 0 fully saturated rings. The number of thiophene rings is 1. The molecule has 3 nitrogen and oxygen atoms in total. The summed E-state index contributed by atoms with van der Waals surface area (Å²) in [6, 6.07) is 9.70. The maximum atomic E-state index is 12.6. The molecule has 1 amide bonds. The zero-order valence-corrected chi connectivity index (χ0v) is 13.7. The molecule has 3 aromatic rings. The molecule has 1 N–H and O–H groups in total. The fourth-order valence-electron chi connectivity index (χ4n) is 2.33. The Morgan fingerprint density at radius 1 is 1.12 bits per heavy atom. The molecule has 0 aliphatic carbocycles. The van der Waals surface area contributed by atoms with Crippen LogP contribution in [0.15, 0.2) is 59.4 Å². The number of benzene rings is 1. The predicted molar refractivity (Wildman–Crippen MR) is 90.2 cm³/mol. The number of carbonyl (C=O) groups excluding carboxylic acids is 1. The van der Waals surface area contributed by atoms with Crippen molar-refractivity contribution in [2.45, 2.75) is 12.7 Å². The minimum atomic E-state index is -4.42. The van der Waals surface area contributed by atoms with Gasteiger partial charge in [-0.25, -0.2) is 0 Å². The van der Waals surface area contributed by atoms with Gasteiger partial charge in [0.15, 0.2) is 0 Å². The van der Waals surface area contributed by atoms with Gasteiger partial charge in [-0.05, 0) is 47.3 Å². The van der Waals surface area contributed by atoms with Crippen LogP contribution in [-0.4, -0.2) is 10.9 Å². The van der Waals surface area contributed by atoms with E-state index in [-0.39, 0.29) is 12.1 Å². The number of nitrogens with zero attached hydrogens (tertiary/aromatic N) is 1. The molecule has 0 aliphatic rings. The first kappa shape index (κ1) is 17.2. The van der Waals surface area contributed by atoms with Crippen molar-refractivity contribution in [3.8, 4) is 11.3 Å². The van der Waals surface area contributed by atoms with Gasteiger partial charge in [-0.3, -0.25) is 9.78 Å². The van der Waals surface area contributed by atoms with Crippen LogP contribution in [0.3, 0.4) is 0 Å². The van der Waals surface area contributed by atoms with E-state index in [1.165, 1.54) is 12.1 Å². The average Bonchev–Trinajstić information content (AvgIpc) is 3.14. The fraction of sp³-hybridized carbons (Fsp3) is 0.111. The second-order valence-corrected chi connectivity index (χ2v) is 6.06. The third-order valence-electron chi connectivity index (χ3n) is 3.60. The van der Waals surface area contributed by atoms with Gasteiger partial charge in [0.25, 0.3) is 5.91 Å². The van der Waals surface area contributed by atoms with Gasteiger partial charge >= 0.3 is 6.18 Å². The molecule has 128 valence electrons. The molecule has 2 aromatic heterocycles. The van der Waals surface area contributed by atoms with E-state index in [2.05, 4.69) is 10.3 Å². The number of halogens is 3. The lowest BCUT2D eigenvalue weighted by Crippen LogP contribution is -2.23. The SMILES string of the molecule is O=C(NCc1cccnc1-c1ccsc1)c1ccc(C(F)(F)F)cc1. The lowest BCUT2D eigenvalue weighted by Gasteiger charge is -2.10. The topological polar surface area (TPSA) is 42.0 Å². The van der Waals surface area contributed by atoms with Crippen molar-refractivity contribution in [3.05, 3.63) is 76.1 Å². The van der Waals surface area contributed by atoms with Crippen LogP contribution in [0.1, 0.15) is 21.5 Å². The minimum absolute atomic E-state index is 0.175. The molecule has 0 spiro atoms. The number of aromatic nitrogens is 1. The van der Waals surface area contributed by atoms with Gasteiger partial charge in [-0.15, -0.1) is 0 Å². The van der Waals surface area contributed by atoms with Crippen molar-refractivity contribution in [1.29, 1.82) is 0 Å². The van der Waals surface area contributed by atoms with Gasteiger partial charge < -0.3 is 5.32 Å². The van der Waals surface area contributed by atoms with Crippen molar-refractivity contribution in [3.63, 3.8) is 0 Å². The first-order chi connectivity index (χ1) is 11.9. The van der Waals surface area contributed by atoms with Gasteiger partial charge in [0.2, 0.25) is 0 Å². The van der Waals surface area contributed by atoms with E-state index in [1.54, 1.807) is 23.6 Å². The van der Waals surface area contributed by atoms with Crippen molar-refractivity contribution in [1.82, 2.24) is 10.3 Å². The first-order valence-electron chi connectivity index (χ1n) is 7.37. The van der Waals surface area contributed by atoms with Crippen molar-refractivity contribution >= 4 is 17.2 Å². The smallest absolute Gasteiger partial charge is 0.348 e. The monoisotopic (exact) mass is 362 g/mol. The van der Waals surface area contributed by atoms with Gasteiger partial charge in [0.1, 0.15) is 0 Å². The molecule has 0 atom stereocenters. The lowest BCUT2D eigenvalue weighted by atomic mass is 10.1. The summed E-state index contributed by atoms with van der Waals surface area (Å²) >= 11 is 1.55. The number of amides is 1. The highest BCUT2D eigenvalue weighted by molar-refractivity contribution is 7.08. The highest BCUT2D eigenvalue weighted by Crippen LogP contribution is 2.29. The maximum Gasteiger partial charge on any atom is 0.416 e. The third kappa shape index (κ3) is 4.06. The van der Waals surface area contributed by atoms with Gasteiger partial charge in [0, 0.05) is 29.2 Å². The average molecular weight is 362 g/mol. The summed E-state index contributed by atoms with van der Waals surface area (Å²) in [4.78, 5) is 16.5. The summed E-state index contributed by atoms with van der Waals surface area (Å²) in [6.07, 6.45) is -2.74. The Labute approximate surface area is 146 Å². The zero-order chi connectivity index (χ0) is 17.9. The quantitative estimate of drug-likeness (QED) is 0.727. The molecule has 25 heavy (non-hydrogen) atoms. The predicted octanol–water partition coefficient (Wildman–Crippen LogP) is 4.76. The Hall–Kier alpha value is -2.67. The molecule has 0 saturated carbocycles. The summed E-state index contributed by atoms with van der Waals surface area (Å²) in [7, 11) is 0. The van der Waals surface area contributed by atoms with E-state index in [9.17, 15) is 18.0 Å².